The van der Waals surface area contributed by atoms with Crippen LogP contribution in [0.25, 0.3) is 44.5 Å². The van der Waals surface area contributed by atoms with Crippen molar-refractivity contribution in [3.8, 4) is 22.6 Å². The molecule has 2 fully saturated rings. The Balaban J connectivity index is 1.28. The van der Waals surface area contributed by atoms with Crippen molar-refractivity contribution >= 4 is 33.3 Å². The topological polar surface area (TPSA) is 103 Å². The van der Waals surface area contributed by atoms with E-state index in [-0.39, 0.29) is 6.04 Å². The first-order valence-corrected chi connectivity index (χ1v) is 12.4. The average Bonchev–Trinajstić information content (AvgIpc) is 3.51. The summed E-state index contributed by atoms with van der Waals surface area (Å²) < 4.78 is 0. The first kappa shape index (κ1) is 20.5. The van der Waals surface area contributed by atoms with E-state index in [1.165, 1.54) is 30.3 Å². The Labute approximate surface area is 203 Å². The summed E-state index contributed by atoms with van der Waals surface area (Å²) in [6.45, 7) is 3.89. The fraction of sp³-hybridized carbons (Fsp3) is 0.296. The van der Waals surface area contributed by atoms with Crippen LogP contribution in [0.1, 0.15) is 19.3 Å². The fourth-order valence-electron chi connectivity index (χ4n) is 5.40. The lowest BCUT2D eigenvalue weighted by Crippen LogP contribution is -2.56. The molecule has 2 aromatic carbocycles. The predicted octanol–water partition coefficient (Wildman–Crippen LogP) is 4.31. The van der Waals surface area contributed by atoms with Gasteiger partial charge in [0.1, 0.15) is 11.5 Å². The fourth-order valence-corrected chi connectivity index (χ4v) is 5.40. The number of rotatable bonds is 4. The Morgan fingerprint density at radius 3 is 2.63 bits per heavy atom. The number of piperidine rings is 1. The van der Waals surface area contributed by atoms with Gasteiger partial charge in [-0.2, -0.15) is 5.10 Å². The van der Waals surface area contributed by atoms with Crippen LogP contribution in [0.3, 0.4) is 0 Å². The lowest BCUT2D eigenvalue weighted by atomic mass is 10.1. The second-order valence-corrected chi connectivity index (χ2v) is 9.73. The van der Waals surface area contributed by atoms with Crippen molar-refractivity contribution < 1.29 is 0 Å². The third kappa shape index (κ3) is 3.52. The Kier molecular flexibility index (Phi) is 4.73. The number of aromatic amines is 2. The van der Waals surface area contributed by atoms with Crippen molar-refractivity contribution in [2.45, 2.75) is 25.3 Å². The molecule has 5 aromatic rings. The first-order chi connectivity index (χ1) is 17.2. The number of fused-ring (bicyclic) bond motifs is 2. The minimum Gasteiger partial charge on any atom is -0.371 e. The predicted molar refractivity (Wildman–Crippen MR) is 141 cm³/mol. The molecule has 4 N–H and O–H groups in total. The van der Waals surface area contributed by atoms with Gasteiger partial charge in [0.2, 0.25) is 0 Å². The third-order valence-electron chi connectivity index (χ3n) is 7.31. The molecular weight excluding hydrogens is 436 g/mol. The summed E-state index contributed by atoms with van der Waals surface area (Å²) in [6.07, 6.45) is 7.47. The van der Waals surface area contributed by atoms with Crippen molar-refractivity contribution in [1.82, 2.24) is 25.1 Å². The van der Waals surface area contributed by atoms with Crippen molar-refractivity contribution in [1.29, 1.82) is 0 Å². The molecular formula is C27H28N8. The van der Waals surface area contributed by atoms with Crippen LogP contribution in [-0.4, -0.2) is 57.4 Å². The van der Waals surface area contributed by atoms with Crippen molar-refractivity contribution in [3.05, 3.63) is 54.9 Å². The average molecular weight is 465 g/mol. The van der Waals surface area contributed by atoms with Gasteiger partial charge in [0, 0.05) is 59.8 Å². The van der Waals surface area contributed by atoms with Gasteiger partial charge in [-0.05, 0) is 49.6 Å². The summed E-state index contributed by atoms with van der Waals surface area (Å²) in [5.74, 6) is 0.873. The summed E-state index contributed by atoms with van der Waals surface area (Å²) in [4.78, 5) is 17.6. The highest BCUT2D eigenvalue weighted by Crippen LogP contribution is 2.35. The SMILES string of the molecule is NC1CN(c2cncc(-c3ccc4[nH]nc(-c5cc6c(N7CCCCC7)cccc6[nH]5)c4c3)n2)C1. The normalized spacial score (nSPS) is 16.8. The van der Waals surface area contributed by atoms with Gasteiger partial charge in [-0.1, -0.05) is 12.1 Å². The third-order valence-corrected chi connectivity index (χ3v) is 7.31. The standard InChI is InChI=1S/C27H28N8/c28-18-15-35(16-18)26-14-29-13-24(31-26)17-7-8-22-20(11-17)27(33-32-22)23-12-19-21(30-23)5-4-6-25(19)34-9-2-1-3-10-34/h4-8,11-14,18,30H,1-3,9-10,15-16,28H2,(H,32,33). The molecule has 0 atom stereocenters. The number of hydrogen-bond acceptors (Lipinski definition) is 6. The molecule has 35 heavy (non-hydrogen) atoms. The number of anilines is 2. The summed E-state index contributed by atoms with van der Waals surface area (Å²) in [5, 5.41) is 10.2. The Hall–Kier alpha value is -3.91. The Bertz CT molecular complexity index is 1520. The molecule has 2 aliphatic heterocycles. The smallest absolute Gasteiger partial charge is 0.147 e. The van der Waals surface area contributed by atoms with E-state index in [4.69, 9.17) is 10.7 Å². The molecule has 8 heteroatoms. The van der Waals surface area contributed by atoms with Crippen LogP contribution >= 0.6 is 0 Å². The molecule has 176 valence electrons. The number of benzene rings is 2. The van der Waals surface area contributed by atoms with E-state index < -0.39 is 0 Å². The van der Waals surface area contributed by atoms with E-state index in [0.717, 1.165) is 71.1 Å². The molecule has 0 amide bonds. The van der Waals surface area contributed by atoms with Crippen LogP contribution in [-0.2, 0) is 0 Å². The van der Waals surface area contributed by atoms with Gasteiger partial charge in [0.05, 0.1) is 29.3 Å². The molecule has 8 nitrogen and oxygen atoms in total. The summed E-state index contributed by atoms with van der Waals surface area (Å²) >= 11 is 0. The van der Waals surface area contributed by atoms with Gasteiger partial charge >= 0.3 is 0 Å². The minimum absolute atomic E-state index is 0.219. The van der Waals surface area contributed by atoms with Crippen molar-refractivity contribution in [3.63, 3.8) is 0 Å². The van der Waals surface area contributed by atoms with E-state index >= 15 is 0 Å². The van der Waals surface area contributed by atoms with Crippen molar-refractivity contribution in [2.75, 3.05) is 36.0 Å². The maximum absolute atomic E-state index is 5.95. The summed E-state index contributed by atoms with van der Waals surface area (Å²) in [6, 6.07) is 15.3. The molecule has 3 aromatic heterocycles. The van der Waals surface area contributed by atoms with Gasteiger partial charge in [0.15, 0.2) is 0 Å². The number of nitrogens with one attached hydrogen (secondary N) is 2. The van der Waals surface area contributed by atoms with Gasteiger partial charge < -0.3 is 20.5 Å². The van der Waals surface area contributed by atoms with Crippen LogP contribution in [0, 0.1) is 0 Å². The van der Waals surface area contributed by atoms with Crippen LogP contribution in [0.4, 0.5) is 11.5 Å². The molecule has 0 aliphatic carbocycles. The molecule has 0 radical (unpaired) electrons. The van der Waals surface area contributed by atoms with Gasteiger partial charge in [0.25, 0.3) is 0 Å². The number of nitrogens with two attached hydrogens (primary N) is 1. The zero-order valence-electron chi connectivity index (χ0n) is 19.5. The maximum atomic E-state index is 5.95. The highest BCUT2D eigenvalue weighted by atomic mass is 15.3. The van der Waals surface area contributed by atoms with Crippen LogP contribution in [0.15, 0.2) is 54.9 Å². The summed E-state index contributed by atoms with van der Waals surface area (Å²) in [5.41, 5.74) is 13.2. The van der Waals surface area contributed by atoms with E-state index in [9.17, 15) is 0 Å². The highest BCUT2D eigenvalue weighted by Gasteiger charge is 2.25. The zero-order valence-corrected chi connectivity index (χ0v) is 19.5. The molecule has 0 saturated carbocycles. The Morgan fingerprint density at radius 1 is 0.886 bits per heavy atom. The second-order valence-electron chi connectivity index (χ2n) is 9.73. The van der Waals surface area contributed by atoms with E-state index in [2.05, 4.69) is 72.4 Å². The van der Waals surface area contributed by atoms with Gasteiger partial charge in [-0.3, -0.25) is 10.1 Å². The molecule has 2 saturated heterocycles. The molecule has 0 unspecified atom stereocenters. The second kappa shape index (κ2) is 8.09. The monoisotopic (exact) mass is 464 g/mol. The highest BCUT2D eigenvalue weighted by molar-refractivity contribution is 6.00. The number of aromatic nitrogens is 5. The molecule has 2 aliphatic rings. The molecule has 7 rings (SSSR count). The van der Waals surface area contributed by atoms with E-state index in [1.54, 1.807) is 0 Å². The number of hydrogen-bond donors (Lipinski definition) is 3. The molecule has 5 heterocycles. The maximum Gasteiger partial charge on any atom is 0.147 e. The minimum atomic E-state index is 0.219. The van der Waals surface area contributed by atoms with E-state index in [0.29, 0.717) is 0 Å². The number of H-pyrrole nitrogens is 2. The molecule has 0 spiro atoms. The lowest BCUT2D eigenvalue weighted by molar-refractivity contribution is 0.514. The van der Waals surface area contributed by atoms with Gasteiger partial charge in [-0.15, -0.1) is 0 Å². The zero-order chi connectivity index (χ0) is 23.4. The number of nitrogens with zero attached hydrogens (tertiary/aromatic N) is 5. The Morgan fingerprint density at radius 2 is 1.77 bits per heavy atom. The lowest BCUT2D eigenvalue weighted by Gasteiger charge is -2.37. The van der Waals surface area contributed by atoms with Crippen LogP contribution in [0.5, 0.6) is 0 Å². The first-order valence-electron chi connectivity index (χ1n) is 12.4. The van der Waals surface area contributed by atoms with Crippen LogP contribution < -0.4 is 15.5 Å². The largest absolute Gasteiger partial charge is 0.371 e. The van der Waals surface area contributed by atoms with Crippen LogP contribution in [0.2, 0.25) is 0 Å². The van der Waals surface area contributed by atoms with Gasteiger partial charge in [-0.25, -0.2) is 4.98 Å². The van der Waals surface area contributed by atoms with Crippen molar-refractivity contribution in [2.24, 2.45) is 5.73 Å². The quantitative estimate of drug-likeness (QED) is 0.366. The molecule has 0 bridgehead atoms. The van der Waals surface area contributed by atoms with E-state index in [1.807, 2.05) is 12.4 Å². The summed E-state index contributed by atoms with van der Waals surface area (Å²) in [7, 11) is 0.